The second-order valence-electron chi connectivity index (χ2n) is 3.21. The van der Waals surface area contributed by atoms with Gasteiger partial charge in [0.05, 0.1) is 13.2 Å². The van der Waals surface area contributed by atoms with Crippen LogP contribution in [0.25, 0.3) is 0 Å². The molecule has 17 heavy (non-hydrogen) atoms. The molecule has 0 aromatic carbocycles. The maximum atomic E-state index is 10.0. The quantitative estimate of drug-likeness (QED) is 0.237. The largest absolute Gasteiger partial charge is 1.00 e. The Labute approximate surface area is 121 Å². The Morgan fingerprint density at radius 1 is 1.12 bits per heavy atom. The Morgan fingerprint density at radius 3 is 2.00 bits per heavy atom. The van der Waals surface area contributed by atoms with E-state index < -0.39 is 50.2 Å². The van der Waals surface area contributed by atoms with Gasteiger partial charge in [-0.15, -0.1) is 0 Å². The van der Waals surface area contributed by atoms with Crippen molar-refractivity contribution in [1.29, 1.82) is 0 Å². The molecule has 0 bridgehead atoms. The van der Waals surface area contributed by atoms with Crippen LogP contribution in [0, 0.1) is 0 Å². The molecule has 8 nitrogen and oxygen atoms in total. The van der Waals surface area contributed by atoms with E-state index >= 15 is 0 Å². The zero-order valence-electron chi connectivity index (χ0n) is 10.4. The second-order valence-corrected chi connectivity index (χ2v) is 3.21. The Kier molecular flexibility index (Phi) is 11.7. The number of ether oxygens (including phenoxy) is 1. The number of carbonyl (C=O) groups is 1. The third kappa shape index (κ3) is 8.03. The average Bonchev–Trinajstić information content (AvgIpc) is 2.25. The summed E-state index contributed by atoms with van der Waals surface area (Å²) in [5, 5.41) is 53.3. The van der Waals surface area contributed by atoms with Crippen molar-refractivity contribution in [3.8, 4) is 0 Å². The van der Waals surface area contributed by atoms with Crippen LogP contribution in [0.3, 0.4) is 0 Å². The number of carboxylic acid groups (broad SMARTS) is 1. The van der Waals surface area contributed by atoms with Crippen LogP contribution < -0.4 is 29.6 Å². The van der Waals surface area contributed by atoms with Gasteiger partial charge in [-0.1, -0.05) is 0 Å². The molecule has 4 atom stereocenters. The summed E-state index contributed by atoms with van der Waals surface area (Å²) in [4.78, 5) is 10.0. The Morgan fingerprint density at radius 2 is 1.59 bits per heavy atom. The maximum absolute atomic E-state index is 10.0. The average molecular weight is 264 g/mol. The van der Waals surface area contributed by atoms with Crippen molar-refractivity contribution >= 4 is 5.97 Å². The fourth-order valence-electron chi connectivity index (χ4n) is 0.929. The Hall–Kier alpha value is 0.230. The molecule has 0 amide bonds. The van der Waals surface area contributed by atoms with E-state index in [1.54, 1.807) is 0 Å². The van der Waals surface area contributed by atoms with E-state index in [0.29, 0.717) is 0 Å². The van der Waals surface area contributed by atoms with Gasteiger partial charge in [-0.2, -0.15) is 0 Å². The van der Waals surface area contributed by atoms with Gasteiger partial charge in [0.25, 0.3) is 0 Å². The van der Waals surface area contributed by atoms with E-state index in [2.05, 4.69) is 4.74 Å². The first-order valence-electron chi connectivity index (χ1n) is 4.52. The van der Waals surface area contributed by atoms with Gasteiger partial charge in [-0.05, 0) is 0 Å². The number of aliphatic hydroxyl groups is 5. The Bertz CT molecular complexity index is 219. The molecule has 0 unspecified atom stereocenters. The van der Waals surface area contributed by atoms with Gasteiger partial charge in [0.2, 0.25) is 0 Å². The predicted octanol–water partition coefficient (Wildman–Crippen LogP) is -6.36. The number of hydrogen-bond donors (Lipinski definition) is 6. The monoisotopic (exact) mass is 264 g/mol. The van der Waals surface area contributed by atoms with E-state index in [9.17, 15) is 20.1 Å². The summed E-state index contributed by atoms with van der Waals surface area (Å²) in [6.07, 6.45) is -6.64. The van der Waals surface area contributed by atoms with Crippen molar-refractivity contribution in [2.24, 2.45) is 0 Å². The molecule has 0 saturated heterocycles. The molecule has 0 aliphatic rings. The molecule has 0 heterocycles. The molecule has 6 N–H and O–H groups in total. The predicted molar refractivity (Wildman–Crippen MR) is 50.7 cm³/mol. The molecule has 9 heteroatoms. The number of aliphatic carboxylic acids is 1. The number of carboxylic acids is 1. The van der Waals surface area contributed by atoms with Crippen molar-refractivity contribution in [1.82, 2.24) is 0 Å². The molecule has 0 spiro atoms. The minimum Gasteiger partial charge on any atom is -1.00 e. The molecule has 0 rings (SSSR count). The van der Waals surface area contributed by atoms with Crippen LogP contribution >= 0.6 is 0 Å². The summed E-state index contributed by atoms with van der Waals surface area (Å²) >= 11 is 0. The first-order chi connectivity index (χ1) is 7.40. The molecule has 0 aromatic heterocycles. The fraction of sp³-hybridized carbons (Fsp3) is 0.875. The summed E-state index contributed by atoms with van der Waals surface area (Å²) in [7, 11) is 0. The normalized spacial score (nSPS) is 17.7. The molecule has 0 aromatic rings. The van der Waals surface area contributed by atoms with E-state index in [-0.39, 0.29) is 31.0 Å². The number of hydrogen-bond acceptors (Lipinski definition) is 7. The zero-order chi connectivity index (χ0) is 12.7. The van der Waals surface area contributed by atoms with Gasteiger partial charge >= 0.3 is 35.5 Å². The minimum atomic E-state index is -1.74. The molecular weight excluding hydrogens is 247 g/mol. The third-order valence-electron chi connectivity index (χ3n) is 1.84. The zero-order valence-corrected chi connectivity index (χ0v) is 11.4. The van der Waals surface area contributed by atoms with Gasteiger partial charge in [0.1, 0.15) is 31.0 Å². The number of aliphatic hydroxyl groups excluding tert-OH is 5. The van der Waals surface area contributed by atoms with Gasteiger partial charge < -0.3 is 36.8 Å². The van der Waals surface area contributed by atoms with Gasteiger partial charge in [-0.25, -0.2) is 4.79 Å². The molecule has 98 valence electrons. The molecule has 0 radical (unpaired) electrons. The van der Waals surface area contributed by atoms with Crippen LogP contribution in [-0.4, -0.2) is 80.8 Å². The van der Waals surface area contributed by atoms with E-state index in [1.807, 2.05) is 0 Å². The molecule has 0 aliphatic carbocycles. The van der Waals surface area contributed by atoms with Crippen LogP contribution in [0.2, 0.25) is 0 Å². The van der Waals surface area contributed by atoms with Crippen LogP contribution in [0.15, 0.2) is 0 Å². The van der Waals surface area contributed by atoms with Crippen LogP contribution in [0.5, 0.6) is 0 Å². The van der Waals surface area contributed by atoms with Crippen molar-refractivity contribution in [2.45, 2.75) is 24.4 Å². The van der Waals surface area contributed by atoms with E-state index in [1.165, 1.54) is 0 Å². The van der Waals surface area contributed by atoms with Gasteiger partial charge in [-0.3, -0.25) is 0 Å². The standard InChI is InChI=1S/C8H16O8.Na.H/c9-1-4(10)7(14)8(15)5(11)2-16-3-6(12)13;;/h4-5,7-11,14-15H,1-3H2,(H,12,13);;/q;+1;-1/t4-,5+,7-,8-;;/m1../s1. The molecular formula is C8H17NaO8. The smallest absolute Gasteiger partial charge is 1.00 e. The van der Waals surface area contributed by atoms with Gasteiger partial charge in [0, 0.05) is 0 Å². The van der Waals surface area contributed by atoms with Crippen LogP contribution in [-0.2, 0) is 9.53 Å². The van der Waals surface area contributed by atoms with Gasteiger partial charge in [0.15, 0.2) is 0 Å². The second kappa shape index (κ2) is 10.2. The SMILES string of the molecule is O=C(O)COC[C@H](O)[C@@H](O)[C@H](O)[C@H](O)CO.[H-].[Na+]. The van der Waals surface area contributed by atoms with Crippen molar-refractivity contribution in [3.05, 3.63) is 0 Å². The minimum absolute atomic E-state index is 0. The van der Waals surface area contributed by atoms with Crippen LogP contribution in [0.1, 0.15) is 1.43 Å². The first kappa shape index (κ1) is 19.6. The van der Waals surface area contributed by atoms with Crippen molar-refractivity contribution in [3.63, 3.8) is 0 Å². The van der Waals surface area contributed by atoms with E-state index in [0.717, 1.165) is 0 Å². The Balaban J connectivity index is -0.00000112. The van der Waals surface area contributed by atoms with Crippen molar-refractivity contribution < 1.29 is 71.2 Å². The summed E-state index contributed by atoms with van der Waals surface area (Å²) in [5.74, 6) is -1.24. The molecule has 0 fully saturated rings. The maximum Gasteiger partial charge on any atom is 1.00 e. The summed E-state index contributed by atoms with van der Waals surface area (Å²) < 4.78 is 4.48. The van der Waals surface area contributed by atoms with E-state index in [4.69, 9.17) is 15.3 Å². The van der Waals surface area contributed by atoms with Crippen LogP contribution in [0.4, 0.5) is 0 Å². The fourth-order valence-corrected chi connectivity index (χ4v) is 0.929. The first-order valence-corrected chi connectivity index (χ1v) is 4.52. The number of rotatable bonds is 8. The topological polar surface area (TPSA) is 148 Å². The summed E-state index contributed by atoms with van der Waals surface area (Å²) in [6, 6.07) is 0. The summed E-state index contributed by atoms with van der Waals surface area (Å²) in [6.45, 7) is -1.94. The molecule has 0 saturated carbocycles. The summed E-state index contributed by atoms with van der Waals surface area (Å²) in [5.41, 5.74) is 0. The molecule has 0 aliphatic heterocycles. The third-order valence-corrected chi connectivity index (χ3v) is 1.84. The van der Waals surface area contributed by atoms with Crippen molar-refractivity contribution in [2.75, 3.05) is 19.8 Å².